The Bertz CT molecular complexity index is 1480. The van der Waals surface area contributed by atoms with Crippen LogP contribution in [0.2, 0.25) is 0 Å². The van der Waals surface area contributed by atoms with Crippen LogP contribution in [0.5, 0.6) is 0 Å². The van der Waals surface area contributed by atoms with E-state index in [4.69, 9.17) is 9.84 Å². The zero-order valence-corrected chi connectivity index (χ0v) is 25.1. The summed E-state index contributed by atoms with van der Waals surface area (Å²) in [5, 5.41) is 8.61. The fourth-order valence-corrected chi connectivity index (χ4v) is 6.29. The van der Waals surface area contributed by atoms with Crippen LogP contribution in [-0.4, -0.2) is 81.7 Å². The van der Waals surface area contributed by atoms with Crippen molar-refractivity contribution in [2.45, 2.75) is 24.9 Å². The third-order valence-corrected chi connectivity index (χ3v) is 8.30. The minimum atomic E-state index is -1.25. The van der Waals surface area contributed by atoms with Crippen molar-refractivity contribution in [2.24, 2.45) is 0 Å². The topological polar surface area (TPSA) is 89.3 Å². The van der Waals surface area contributed by atoms with Gasteiger partial charge in [0.1, 0.15) is 11.6 Å². The number of esters is 1. The van der Waals surface area contributed by atoms with Crippen molar-refractivity contribution in [1.29, 1.82) is 0 Å². The number of carbonyl (C=O) groups is 2. The maximum atomic E-state index is 14.6. The average molecular weight is 709 g/mol. The second-order valence-electron chi connectivity index (χ2n) is 9.13. The summed E-state index contributed by atoms with van der Waals surface area (Å²) in [4.78, 5) is 31.7. The molecule has 0 aliphatic carbocycles. The van der Waals surface area contributed by atoms with E-state index >= 15 is 0 Å². The first kappa shape index (κ1) is 26.4. The number of carbonyl (C=O) groups excluding carboxylic acids is 2. The number of nitrogens with one attached hydrogen (secondary N) is 1. The van der Waals surface area contributed by atoms with Crippen LogP contribution in [0.15, 0.2) is 60.9 Å². The van der Waals surface area contributed by atoms with Crippen molar-refractivity contribution in [3.63, 3.8) is 0 Å². The summed E-state index contributed by atoms with van der Waals surface area (Å²) < 4.78 is 36.1. The van der Waals surface area contributed by atoms with E-state index in [-0.39, 0.29) is 24.1 Å². The Morgan fingerprint density at radius 3 is 2.58 bits per heavy atom. The summed E-state index contributed by atoms with van der Waals surface area (Å²) in [6.45, 7) is 0.672. The van der Waals surface area contributed by atoms with Gasteiger partial charge in [0.2, 0.25) is 0 Å². The molecule has 3 heterocycles. The predicted molar refractivity (Wildman–Crippen MR) is 137 cm³/mol. The Morgan fingerprint density at radius 2 is 1.87 bits per heavy atom. The number of rotatable bonds is 6. The van der Waals surface area contributed by atoms with Gasteiger partial charge in [0, 0.05) is 0 Å². The molecule has 4 aromatic rings. The number of hydrogen-bond donors (Lipinski definition) is 1. The zero-order valence-electron chi connectivity index (χ0n) is 20.6. The first-order chi connectivity index (χ1) is 18.4. The van der Waals surface area contributed by atoms with E-state index in [0.717, 1.165) is 34.3 Å². The minimum absolute atomic E-state index is 0.239. The molecule has 0 unspecified atom stereocenters. The molecule has 1 fully saturated rings. The standard InChI is InChI=1S/C27H25F2N5O3.Tl/c1-37-27(36)25(23-20(28)5-2-6-21(23)29)34-13-3-4-18(15-34)31-26(35)17-7-8-22-19(14-17)24(33-32-22)16-9-11-30-12-10-16;/h2,5-12,14,18,25H,3-4,13,15H2,1H3,(H2,30,31,32,33,35);/q;+1/p-1/t18-,25+;/m1./s1. The maximum absolute atomic E-state index is 14.6. The van der Waals surface area contributed by atoms with Crippen molar-refractivity contribution < 1.29 is 23.1 Å². The molecule has 0 saturated carbocycles. The summed E-state index contributed by atoms with van der Waals surface area (Å²) in [5.41, 5.74) is 2.79. The number of halogens is 2. The van der Waals surface area contributed by atoms with E-state index in [1.54, 1.807) is 23.4 Å². The van der Waals surface area contributed by atoms with Crippen LogP contribution >= 0.6 is 0 Å². The molecule has 1 aliphatic heterocycles. The van der Waals surface area contributed by atoms with Gasteiger partial charge in [0.15, 0.2) is 0 Å². The van der Waals surface area contributed by atoms with Gasteiger partial charge in [-0.1, -0.05) is 6.07 Å². The molecule has 2 aromatic carbocycles. The first-order valence-corrected chi connectivity index (χ1v) is 14.1. The molecule has 192 valence electrons. The van der Waals surface area contributed by atoms with E-state index in [1.807, 2.05) is 26.8 Å². The van der Waals surface area contributed by atoms with Crippen LogP contribution in [0, 0.1) is 11.6 Å². The Morgan fingerprint density at radius 1 is 1.13 bits per heavy atom. The summed E-state index contributed by atoms with van der Waals surface area (Å²) in [7, 11) is 1.19. The van der Waals surface area contributed by atoms with Crippen LogP contribution in [0.25, 0.3) is 22.2 Å². The Kier molecular flexibility index (Phi) is 7.79. The second kappa shape index (κ2) is 11.2. The number of aromatic nitrogens is 3. The summed E-state index contributed by atoms with van der Waals surface area (Å²) >= 11 is 0.452. The number of likely N-dealkylation sites (tertiary alicyclic amines) is 1. The van der Waals surface area contributed by atoms with E-state index in [1.165, 1.54) is 13.2 Å². The van der Waals surface area contributed by atoms with Gasteiger partial charge in [-0.05, 0) is 12.1 Å². The van der Waals surface area contributed by atoms with Gasteiger partial charge in [-0.2, -0.15) is 0 Å². The number of amides is 1. The number of ether oxygens (including phenoxy) is 1. The quantitative estimate of drug-likeness (QED) is 0.244. The number of methoxy groups -OCH3 is 1. The van der Waals surface area contributed by atoms with Crippen molar-refractivity contribution >= 4 is 48.8 Å². The monoisotopic (exact) mass is 709 g/mol. The molecular weight excluding hydrogens is 685 g/mol. The van der Waals surface area contributed by atoms with E-state index in [2.05, 4.69) is 10.3 Å². The number of piperidine rings is 1. The molecule has 0 bridgehead atoms. The van der Waals surface area contributed by atoms with Crippen LogP contribution < -0.4 is 5.32 Å². The molecule has 2 aromatic heterocycles. The molecule has 1 saturated heterocycles. The zero-order chi connectivity index (χ0) is 26.8. The number of fused-ring (bicyclic) bond motifs is 1. The van der Waals surface area contributed by atoms with Gasteiger partial charge in [-0.3, -0.25) is 0 Å². The molecule has 1 aliphatic rings. The molecule has 8 nitrogen and oxygen atoms in total. The van der Waals surface area contributed by atoms with Gasteiger partial charge in [-0.15, -0.1) is 0 Å². The summed E-state index contributed by atoms with van der Waals surface area (Å²) in [5.74, 6) is -2.65. The molecule has 11 heteroatoms. The molecule has 1 amide bonds. The van der Waals surface area contributed by atoms with Gasteiger partial charge >= 0.3 is 180 Å². The Labute approximate surface area is 234 Å². The van der Waals surface area contributed by atoms with Gasteiger partial charge in [0.05, 0.1) is 7.11 Å². The second-order valence-corrected chi connectivity index (χ2v) is 11.0. The SMILES string of the molecule is COC(=O)[C@H](c1c(F)cccc1F)N1CCC[C@@H](NC(=O)c2ccc3c(c2)c(-c2ccncc2)n[n]3[Tl])C1. The number of benzene rings is 2. The van der Waals surface area contributed by atoms with Crippen molar-refractivity contribution in [3.05, 3.63) is 83.7 Å². The first-order valence-electron chi connectivity index (χ1n) is 12.1. The molecule has 38 heavy (non-hydrogen) atoms. The van der Waals surface area contributed by atoms with E-state index < -0.39 is 23.6 Å². The fourth-order valence-electron chi connectivity index (χ4n) is 4.97. The van der Waals surface area contributed by atoms with Crippen LogP contribution in [0.3, 0.4) is 0 Å². The van der Waals surface area contributed by atoms with Crippen molar-refractivity contribution in [3.8, 4) is 11.3 Å². The predicted octanol–water partition coefficient (Wildman–Crippen LogP) is 3.42. The third kappa shape index (κ3) is 5.19. The van der Waals surface area contributed by atoms with E-state index in [9.17, 15) is 18.4 Å². The average Bonchev–Trinajstić information content (AvgIpc) is 3.26. The summed E-state index contributed by atoms with van der Waals surface area (Å²) in [6.07, 6.45) is 4.71. The van der Waals surface area contributed by atoms with Gasteiger partial charge in [-0.25, -0.2) is 13.6 Å². The Hall–Kier alpha value is -3.26. The molecule has 1 N–H and O–H groups in total. The van der Waals surface area contributed by atoms with E-state index in [0.29, 0.717) is 51.0 Å². The summed E-state index contributed by atoms with van der Waals surface area (Å²) in [6, 6.07) is 11.2. The molecule has 2 atom stereocenters. The third-order valence-electron chi connectivity index (χ3n) is 6.77. The number of nitrogens with zero attached hydrogens (tertiary/aromatic N) is 4. The molecule has 5 rings (SSSR count). The number of pyridine rings is 1. The molecule has 0 spiro atoms. The van der Waals surface area contributed by atoms with Gasteiger partial charge < -0.3 is 4.74 Å². The van der Waals surface area contributed by atoms with Crippen LogP contribution in [0.4, 0.5) is 8.78 Å². The number of hydrogen-bond acceptors (Lipinski definition) is 6. The van der Waals surface area contributed by atoms with Crippen LogP contribution in [-0.2, 0) is 9.53 Å². The normalized spacial score (nSPS) is 16.7. The van der Waals surface area contributed by atoms with Crippen molar-refractivity contribution in [2.75, 3.05) is 20.2 Å². The van der Waals surface area contributed by atoms with Gasteiger partial charge in [0.25, 0.3) is 0 Å². The fraction of sp³-hybridized carbons (Fsp3) is 0.259. The Balaban J connectivity index is 1.38. The van der Waals surface area contributed by atoms with Crippen LogP contribution in [0.1, 0.15) is 34.8 Å². The molecular formula is C27H24F2N5O3Tl. The van der Waals surface area contributed by atoms with Crippen molar-refractivity contribution in [1.82, 2.24) is 22.8 Å². The molecule has 0 radical (unpaired) electrons.